The summed E-state index contributed by atoms with van der Waals surface area (Å²) in [5, 5.41) is 1.05. The van der Waals surface area contributed by atoms with Gasteiger partial charge < -0.3 is 4.74 Å². The van der Waals surface area contributed by atoms with Crippen molar-refractivity contribution in [2.24, 2.45) is 0 Å². The van der Waals surface area contributed by atoms with E-state index < -0.39 is 5.82 Å². The lowest BCUT2D eigenvalue weighted by atomic mass is 10.2. The number of carbonyl (C=O) groups excluding carboxylic acids is 1. The van der Waals surface area contributed by atoms with Gasteiger partial charge in [-0.25, -0.2) is 4.39 Å². The minimum Gasteiger partial charge on any atom is -0.489 e. The molecule has 0 bridgehead atoms. The van der Waals surface area contributed by atoms with Crippen LogP contribution in [0, 0.1) is 5.82 Å². The van der Waals surface area contributed by atoms with Crippen molar-refractivity contribution in [3.8, 4) is 5.75 Å². The maximum atomic E-state index is 13.9. The Balaban J connectivity index is 1.47. The van der Waals surface area contributed by atoms with Crippen LogP contribution in [0.4, 0.5) is 10.1 Å². The zero-order valence-electron chi connectivity index (χ0n) is 16.2. The topological polar surface area (TPSA) is 29.5 Å². The van der Waals surface area contributed by atoms with E-state index in [2.05, 4.69) is 0 Å². The van der Waals surface area contributed by atoms with E-state index in [9.17, 15) is 9.18 Å². The minimum absolute atomic E-state index is 0.00711. The smallest absolute Gasteiger partial charge is 0.270 e. The minimum atomic E-state index is -0.418. The molecule has 162 valence electrons. The summed E-state index contributed by atoms with van der Waals surface area (Å²) in [6, 6.07) is 16.5. The highest BCUT2D eigenvalue weighted by atomic mass is 35.5. The molecular weight excluding hydrogens is 512 g/mol. The molecule has 1 aliphatic heterocycles. The molecule has 4 rings (SSSR count). The van der Waals surface area contributed by atoms with Crippen LogP contribution in [0.1, 0.15) is 11.1 Å². The van der Waals surface area contributed by atoms with E-state index in [1.807, 2.05) is 0 Å². The van der Waals surface area contributed by atoms with Crippen LogP contribution in [0.5, 0.6) is 5.75 Å². The van der Waals surface area contributed by atoms with Crippen molar-refractivity contribution in [1.82, 2.24) is 0 Å². The summed E-state index contributed by atoms with van der Waals surface area (Å²) >= 11 is 24.6. The number of benzene rings is 3. The van der Waals surface area contributed by atoms with Gasteiger partial charge in [0, 0.05) is 5.56 Å². The molecule has 0 saturated carbocycles. The van der Waals surface area contributed by atoms with Crippen molar-refractivity contribution < 1.29 is 13.9 Å². The molecule has 0 N–H and O–H groups in total. The summed E-state index contributed by atoms with van der Waals surface area (Å²) in [6.45, 7) is 0.00711. The van der Waals surface area contributed by atoms with Gasteiger partial charge in [-0.2, -0.15) is 0 Å². The number of thiocarbonyl (C=S) groups is 1. The Morgan fingerprint density at radius 1 is 1.00 bits per heavy atom. The molecule has 1 saturated heterocycles. The second kappa shape index (κ2) is 9.81. The van der Waals surface area contributed by atoms with Gasteiger partial charge in [-0.05, 0) is 54.1 Å². The molecule has 0 spiro atoms. The van der Waals surface area contributed by atoms with Crippen LogP contribution < -0.4 is 9.64 Å². The number of nitrogens with zero attached hydrogens (tertiary/aromatic N) is 1. The Labute approximate surface area is 208 Å². The Bertz CT molecular complexity index is 1230. The van der Waals surface area contributed by atoms with Crippen LogP contribution in [-0.2, 0) is 11.4 Å². The first-order valence-corrected chi connectivity index (χ1v) is 11.6. The Kier molecular flexibility index (Phi) is 7.08. The average Bonchev–Trinajstić information content (AvgIpc) is 3.04. The molecule has 32 heavy (non-hydrogen) atoms. The Morgan fingerprint density at radius 3 is 2.44 bits per heavy atom. The SMILES string of the molecule is O=C1/C(=C\c2ccc(OCc3c(F)cccc3Cl)cc2)SC(=S)N1c1ccc(Cl)c(Cl)c1. The fourth-order valence-corrected chi connectivity index (χ4v) is 4.76. The van der Waals surface area contributed by atoms with Gasteiger partial charge in [0.2, 0.25) is 0 Å². The molecule has 0 aromatic heterocycles. The monoisotopic (exact) mass is 523 g/mol. The summed E-state index contributed by atoms with van der Waals surface area (Å²) < 4.78 is 19.9. The quantitative estimate of drug-likeness (QED) is 0.252. The number of hydrogen-bond donors (Lipinski definition) is 0. The number of amides is 1. The molecule has 9 heteroatoms. The molecule has 3 nitrogen and oxygen atoms in total. The van der Waals surface area contributed by atoms with E-state index in [1.54, 1.807) is 60.7 Å². The van der Waals surface area contributed by atoms with Gasteiger partial charge in [-0.15, -0.1) is 0 Å². The van der Waals surface area contributed by atoms with E-state index in [1.165, 1.54) is 22.7 Å². The third-order valence-corrected chi connectivity index (χ3v) is 6.97. The second-order valence-corrected chi connectivity index (χ2v) is 9.57. The van der Waals surface area contributed by atoms with Crippen molar-refractivity contribution in [3.63, 3.8) is 0 Å². The van der Waals surface area contributed by atoms with E-state index in [0.717, 1.165) is 5.56 Å². The molecule has 0 unspecified atom stereocenters. The highest BCUT2D eigenvalue weighted by molar-refractivity contribution is 8.27. The van der Waals surface area contributed by atoms with Crippen molar-refractivity contribution in [1.29, 1.82) is 0 Å². The highest BCUT2D eigenvalue weighted by Crippen LogP contribution is 2.38. The van der Waals surface area contributed by atoms with Crippen molar-refractivity contribution >= 4 is 80.8 Å². The number of carbonyl (C=O) groups is 1. The van der Waals surface area contributed by atoms with Crippen LogP contribution in [0.3, 0.4) is 0 Å². The molecule has 1 heterocycles. The lowest BCUT2D eigenvalue weighted by Crippen LogP contribution is -2.27. The number of hydrogen-bond acceptors (Lipinski definition) is 4. The van der Waals surface area contributed by atoms with Crippen molar-refractivity contribution in [2.45, 2.75) is 6.61 Å². The fraction of sp³-hybridized carbons (Fsp3) is 0.0435. The molecule has 1 amide bonds. The highest BCUT2D eigenvalue weighted by Gasteiger charge is 2.33. The third-order valence-electron chi connectivity index (χ3n) is 4.58. The van der Waals surface area contributed by atoms with E-state index >= 15 is 0 Å². The van der Waals surface area contributed by atoms with Gasteiger partial charge in [0.05, 0.1) is 25.7 Å². The van der Waals surface area contributed by atoms with Crippen molar-refractivity contribution in [2.75, 3.05) is 4.90 Å². The van der Waals surface area contributed by atoms with Gasteiger partial charge in [0.25, 0.3) is 5.91 Å². The summed E-state index contributed by atoms with van der Waals surface area (Å²) in [6.07, 6.45) is 1.74. The predicted molar refractivity (Wildman–Crippen MR) is 134 cm³/mol. The molecule has 0 atom stereocenters. The maximum absolute atomic E-state index is 13.9. The summed E-state index contributed by atoms with van der Waals surface area (Å²) in [5.41, 5.74) is 1.64. The number of thioether (sulfide) groups is 1. The predicted octanol–water partition coefficient (Wildman–Crippen LogP) is 7.77. The lowest BCUT2D eigenvalue weighted by Gasteiger charge is -2.15. The molecule has 0 radical (unpaired) electrons. The van der Waals surface area contributed by atoms with Crippen LogP contribution in [-0.4, -0.2) is 10.2 Å². The van der Waals surface area contributed by atoms with Gasteiger partial charge in [-0.3, -0.25) is 9.69 Å². The number of halogens is 4. The molecule has 3 aromatic rings. The van der Waals surface area contributed by atoms with E-state index in [4.69, 9.17) is 51.8 Å². The molecule has 1 fully saturated rings. The first-order chi connectivity index (χ1) is 15.3. The summed E-state index contributed by atoms with van der Waals surface area (Å²) in [7, 11) is 0. The maximum Gasteiger partial charge on any atom is 0.270 e. The summed E-state index contributed by atoms with van der Waals surface area (Å²) in [5.74, 6) is -0.115. The Morgan fingerprint density at radius 2 is 1.75 bits per heavy atom. The van der Waals surface area contributed by atoms with E-state index in [-0.39, 0.29) is 12.5 Å². The van der Waals surface area contributed by atoms with Crippen LogP contribution in [0.15, 0.2) is 65.6 Å². The normalized spacial score (nSPS) is 15.0. The summed E-state index contributed by atoms with van der Waals surface area (Å²) in [4.78, 5) is 14.8. The number of anilines is 1. The zero-order valence-corrected chi connectivity index (χ0v) is 20.1. The van der Waals surface area contributed by atoms with Crippen LogP contribution in [0.25, 0.3) is 6.08 Å². The largest absolute Gasteiger partial charge is 0.489 e. The molecule has 3 aromatic carbocycles. The number of rotatable bonds is 5. The fourth-order valence-electron chi connectivity index (χ4n) is 2.95. The molecular formula is C23H13Cl3FNO2S2. The zero-order chi connectivity index (χ0) is 22.8. The first-order valence-electron chi connectivity index (χ1n) is 9.22. The molecule has 0 aliphatic carbocycles. The van der Waals surface area contributed by atoms with Gasteiger partial charge in [0.1, 0.15) is 18.2 Å². The first kappa shape index (κ1) is 23.1. The average molecular weight is 525 g/mol. The van der Waals surface area contributed by atoms with E-state index in [0.29, 0.717) is 41.3 Å². The number of ether oxygens (including phenoxy) is 1. The van der Waals surface area contributed by atoms with Gasteiger partial charge in [-0.1, -0.05) is 77.0 Å². The van der Waals surface area contributed by atoms with Gasteiger partial charge >= 0.3 is 0 Å². The third kappa shape index (κ3) is 4.95. The van der Waals surface area contributed by atoms with Crippen LogP contribution >= 0.6 is 58.8 Å². The van der Waals surface area contributed by atoms with Crippen molar-refractivity contribution in [3.05, 3.63) is 97.6 Å². The van der Waals surface area contributed by atoms with Gasteiger partial charge in [0.15, 0.2) is 4.32 Å². The second-order valence-electron chi connectivity index (χ2n) is 6.67. The van der Waals surface area contributed by atoms with Crippen LogP contribution in [0.2, 0.25) is 15.1 Å². The lowest BCUT2D eigenvalue weighted by molar-refractivity contribution is -0.113. The standard InChI is InChI=1S/C23H13Cl3FNO2S2/c24-17-2-1-3-20(27)16(17)12-30-15-7-4-13(5-8-15)10-21-22(29)28(23(31)32-21)14-6-9-18(25)19(26)11-14/h1-11H,12H2/b21-10+. The Hall–Kier alpha value is -2.09. The molecule has 1 aliphatic rings.